The lowest BCUT2D eigenvalue weighted by molar-refractivity contribution is -0.0860. The average Bonchev–Trinajstić information content (AvgIpc) is 2.92. The number of benzene rings is 1. The molecule has 1 aromatic heterocycles. The van der Waals surface area contributed by atoms with Crippen molar-refractivity contribution in [3.8, 4) is 0 Å². The molecule has 5 nitrogen and oxygen atoms in total. The van der Waals surface area contributed by atoms with Crippen molar-refractivity contribution in [1.82, 2.24) is 15.0 Å². The van der Waals surface area contributed by atoms with Gasteiger partial charge in [-0.2, -0.15) is 4.39 Å². The van der Waals surface area contributed by atoms with Crippen molar-refractivity contribution in [2.24, 2.45) is 5.41 Å². The van der Waals surface area contributed by atoms with Gasteiger partial charge in [-0.25, -0.2) is 4.68 Å². The van der Waals surface area contributed by atoms with E-state index in [0.717, 1.165) is 17.3 Å². The van der Waals surface area contributed by atoms with Crippen molar-refractivity contribution in [2.45, 2.75) is 19.9 Å². The first-order valence-electron chi connectivity index (χ1n) is 7.41. The maximum Gasteiger partial charge on any atom is 0.264 e. The van der Waals surface area contributed by atoms with Gasteiger partial charge in [-0.1, -0.05) is 59.3 Å². The molecule has 0 bridgehead atoms. The van der Waals surface area contributed by atoms with Crippen LogP contribution in [-0.4, -0.2) is 39.1 Å². The molecule has 122 valence electrons. The topological polar surface area (TPSA) is 57.0 Å². The van der Waals surface area contributed by atoms with Crippen LogP contribution in [-0.2, 0) is 4.74 Å². The summed E-state index contributed by atoms with van der Waals surface area (Å²) in [4.78, 5) is 12.5. The van der Waals surface area contributed by atoms with Gasteiger partial charge in [0, 0.05) is 11.2 Å². The van der Waals surface area contributed by atoms with E-state index in [-0.39, 0.29) is 22.3 Å². The number of hydrogen-bond donors (Lipinski definition) is 0. The first-order chi connectivity index (χ1) is 11.0. The summed E-state index contributed by atoms with van der Waals surface area (Å²) >= 11 is 1.10. The van der Waals surface area contributed by atoms with E-state index in [2.05, 4.69) is 17.2 Å². The van der Waals surface area contributed by atoms with E-state index in [1.54, 1.807) is 0 Å². The van der Waals surface area contributed by atoms with Crippen LogP contribution in [0.5, 0.6) is 0 Å². The largest absolute Gasteiger partial charge is 0.380 e. The first-order valence-corrected chi connectivity index (χ1v) is 8.39. The zero-order valence-corrected chi connectivity index (χ0v) is 13.8. The molecular formula is C16H18FN3O2S. The molecule has 1 aliphatic heterocycles. The van der Waals surface area contributed by atoms with Crippen LogP contribution in [0.25, 0.3) is 0 Å². The Hall–Kier alpha value is -1.73. The van der Waals surface area contributed by atoms with E-state index in [4.69, 9.17) is 4.74 Å². The molecule has 1 aromatic carbocycles. The number of hydrogen-bond acceptors (Lipinski definition) is 5. The second kappa shape index (κ2) is 6.41. The van der Waals surface area contributed by atoms with Crippen molar-refractivity contribution >= 4 is 16.9 Å². The molecule has 2 aromatic rings. The highest BCUT2D eigenvalue weighted by Gasteiger charge is 2.35. The molecule has 0 radical (unpaired) electrons. The van der Waals surface area contributed by atoms with Gasteiger partial charge < -0.3 is 4.74 Å². The molecule has 1 fully saturated rings. The monoisotopic (exact) mass is 335 g/mol. The fourth-order valence-corrected chi connectivity index (χ4v) is 3.40. The molecule has 0 N–H and O–H groups in total. The minimum Gasteiger partial charge on any atom is -0.380 e. The van der Waals surface area contributed by atoms with Crippen molar-refractivity contribution in [1.29, 1.82) is 0 Å². The number of halogens is 1. The van der Waals surface area contributed by atoms with Gasteiger partial charge in [0.2, 0.25) is 5.12 Å². The zero-order chi connectivity index (χ0) is 16.4. The molecule has 1 aliphatic rings. The van der Waals surface area contributed by atoms with E-state index in [1.807, 2.05) is 37.3 Å². The summed E-state index contributed by atoms with van der Waals surface area (Å²) in [5.41, 5.74) is 0.853. The average molecular weight is 335 g/mol. The van der Waals surface area contributed by atoms with Gasteiger partial charge in [0.25, 0.3) is 5.95 Å². The number of aromatic nitrogens is 3. The molecule has 3 rings (SSSR count). The van der Waals surface area contributed by atoms with E-state index in [0.29, 0.717) is 19.0 Å². The van der Waals surface area contributed by atoms with Crippen molar-refractivity contribution < 1.29 is 13.9 Å². The minimum absolute atomic E-state index is 0.0138. The molecule has 0 amide bonds. The summed E-state index contributed by atoms with van der Waals surface area (Å²) in [6.45, 7) is 5.18. The van der Waals surface area contributed by atoms with Gasteiger partial charge in [-0.05, 0) is 12.5 Å². The summed E-state index contributed by atoms with van der Waals surface area (Å²) in [6.07, 6.45) is 0. The second-order valence-corrected chi connectivity index (χ2v) is 7.09. The first kappa shape index (κ1) is 16.1. The maximum absolute atomic E-state index is 14.0. The molecular weight excluding hydrogens is 317 g/mol. The fourth-order valence-electron chi connectivity index (χ4n) is 2.44. The molecule has 1 saturated heterocycles. The molecule has 23 heavy (non-hydrogen) atoms. The second-order valence-electron chi connectivity index (χ2n) is 6.14. The Morgan fingerprint density at radius 2 is 2.13 bits per heavy atom. The van der Waals surface area contributed by atoms with E-state index in [9.17, 15) is 9.18 Å². The van der Waals surface area contributed by atoms with Crippen LogP contribution in [0.3, 0.4) is 0 Å². The third-order valence-electron chi connectivity index (χ3n) is 3.95. The Labute approximate surface area is 138 Å². The van der Waals surface area contributed by atoms with E-state index >= 15 is 0 Å². The maximum atomic E-state index is 14.0. The normalized spacial score (nSPS) is 17.5. The third kappa shape index (κ3) is 3.30. The highest BCUT2D eigenvalue weighted by molar-refractivity contribution is 8.14. The summed E-state index contributed by atoms with van der Waals surface area (Å²) in [5, 5.41) is 6.93. The Morgan fingerprint density at radius 3 is 2.74 bits per heavy atom. The lowest BCUT2D eigenvalue weighted by Crippen LogP contribution is -2.42. The predicted molar refractivity (Wildman–Crippen MR) is 85.9 cm³/mol. The standard InChI is InChI=1S/C16H18FN3O2S/c1-11(12-6-4-3-5-7-12)20-13(14(17)18-19-20)15(21)23-10-16(2)8-22-9-16/h3-7,11H,8-10H2,1-2H3/t11-/m1/s1. The molecule has 7 heteroatoms. The van der Waals surface area contributed by atoms with Crippen LogP contribution < -0.4 is 0 Å². The number of carbonyl (C=O) groups excluding carboxylic acids is 1. The van der Waals surface area contributed by atoms with Gasteiger partial charge in [-0.3, -0.25) is 4.79 Å². The molecule has 0 spiro atoms. The van der Waals surface area contributed by atoms with Crippen LogP contribution in [0.1, 0.15) is 35.9 Å². The van der Waals surface area contributed by atoms with Crippen LogP contribution >= 0.6 is 11.8 Å². The van der Waals surface area contributed by atoms with Crippen molar-refractivity contribution in [3.63, 3.8) is 0 Å². The number of nitrogens with zero attached hydrogens (tertiary/aromatic N) is 3. The number of ether oxygens (including phenoxy) is 1. The number of rotatable bonds is 5. The van der Waals surface area contributed by atoms with Gasteiger partial charge in [-0.15, -0.1) is 0 Å². The zero-order valence-electron chi connectivity index (χ0n) is 13.0. The summed E-state index contributed by atoms with van der Waals surface area (Å²) in [7, 11) is 0. The lowest BCUT2D eigenvalue weighted by Gasteiger charge is -2.37. The summed E-state index contributed by atoms with van der Waals surface area (Å²) in [6, 6.07) is 9.26. The smallest absolute Gasteiger partial charge is 0.264 e. The molecule has 0 aliphatic carbocycles. The Kier molecular flexibility index (Phi) is 4.50. The van der Waals surface area contributed by atoms with Crippen LogP contribution in [0.4, 0.5) is 4.39 Å². The Morgan fingerprint density at radius 1 is 1.43 bits per heavy atom. The summed E-state index contributed by atoms with van der Waals surface area (Å²) < 4.78 is 20.5. The highest BCUT2D eigenvalue weighted by Crippen LogP contribution is 2.32. The summed E-state index contributed by atoms with van der Waals surface area (Å²) in [5.74, 6) is -0.226. The minimum atomic E-state index is -0.819. The molecule has 2 heterocycles. The van der Waals surface area contributed by atoms with Gasteiger partial charge in [0.15, 0.2) is 5.69 Å². The lowest BCUT2D eigenvalue weighted by atomic mass is 9.92. The molecule has 0 saturated carbocycles. The van der Waals surface area contributed by atoms with Crippen molar-refractivity contribution in [3.05, 3.63) is 47.5 Å². The highest BCUT2D eigenvalue weighted by atomic mass is 32.2. The van der Waals surface area contributed by atoms with Gasteiger partial charge >= 0.3 is 0 Å². The fraction of sp³-hybridized carbons (Fsp3) is 0.438. The number of thioether (sulfide) groups is 1. The van der Waals surface area contributed by atoms with Crippen LogP contribution in [0.2, 0.25) is 0 Å². The van der Waals surface area contributed by atoms with Crippen molar-refractivity contribution in [2.75, 3.05) is 19.0 Å². The van der Waals surface area contributed by atoms with Crippen LogP contribution in [0, 0.1) is 11.4 Å². The van der Waals surface area contributed by atoms with Gasteiger partial charge in [0.05, 0.1) is 19.3 Å². The third-order valence-corrected chi connectivity index (χ3v) is 5.25. The quantitative estimate of drug-likeness (QED) is 0.841. The van der Waals surface area contributed by atoms with Crippen LogP contribution in [0.15, 0.2) is 30.3 Å². The van der Waals surface area contributed by atoms with E-state index in [1.165, 1.54) is 4.68 Å². The molecule has 1 atom stereocenters. The van der Waals surface area contributed by atoms with Gasteiger partial charge in [0.1, 0.15) is 0 Å². The number of carbonyl (C=O) groups is 1. The molecule has 0 unspecified atom stereocenters. The predicted octanol–water partition coefficient (Wildman–Crippen LogP) is 2.94. The Bertz CT molecular complexity index is 701. The Balaban J connectivity index is 1.79. The van der Waals surface area contributed by atoms with E-state index < -0.39 is 5.95 Å². The SMILES string of the molecule is C[C@H](c1ccccc1)n1nnc(F)c1C(=O)SCC1(C)COC1.